The van der Waals surface area contributed by atoms with Crippen molar-refractivity contribution < 1.29 is 27.4 Å². The van der Waals surface area contributed by atoms with Crippen LogP contribution in [0.2, 0.25) is 0 Å². The largest absolute Gasteiger partial charge is 0.469 e. The fourth-order valence-corrected chi connectivity index (χ4v) is 3.85. The first-order chi connectivity index (χ1) is 8.97. The van der Waals surface area contributed by atoms with Gasteiger partial charge in [0.05, 0.1) is 39.0 Å². The van der Waals surface area contributed by atoms with Crippen molar-refractivity contribution in [3.63, 3.8) is 0 Å². The van der Waals surface area contributed by atoms with E-state index in [1.807, 2.05) is 0 Å². The molecule has 2 aliphatic rings. The zero-order valence-electron chi connectivity index (χ0n) is 11.0. The lowest BCUT2D eigenvalue weighted by molar-refractivity contribution is -0.179. The summed E-state index contributed by atoms with van der Waals surface area (Å²) in [6.07, 6.45) is 1.26. The Labute approximate surface area is 112 Å². The van der Waals surface area contributed by atoms with Gasteiger partial charge in [-0.15, -0.1) is 0 Å². The van der Waals surface area contributed by atoms with Gasteiger partial charge < -0.3 is 14.2 Å². The maximum Gasteiger partial charge on any atom is 0.306 e. The summed E-state index contributed by atoms with van der Waals surface area (Å²) in [6.45, 7) is 1.64. The number of piperidine rings is 1. The second kappa shape index (κ2) is 5.74. The van der Waals surface area contributed by atoms with Gasteiger partial charge in [0.25, 0.3) is 0 Å². The van der Waals surface area contributed by atoms with Crippen molar-refractivity contribution in [2.24, 2.45) is 0 Å². The number of sulfonamides is 1. The van der Waals surface area contributed by atoms with Crippen LogP contribution in [-0.2, 0) is 29.0 Å². The van der Waals surface area contributed by atoms with Gasteiger partial charge in [-0.05, 0) is 6.42 Å². The van der Waals surface area contributed by atoms with Gasteiger partial charge in [-0.2, -0.15) is 4.31 Å². The van der Waals surface area contributed by atoms with Crippen LogP contribution in [0, 0.1) is 0 Å². The molecule has 0 radical (unpaired) electrons. The quantitative estimate of drug-likeness (QED) is 0.663. The fraction of sp³-hybridized carbons (Fsp3) is 0.909. The second-order valence-electron chi connectivity index (χ2n) is 4.69. The average molecular weight is 293 g/mol. The van der Waals surface area contributed by atoms with Crippen molar-refractivity contribution in [1.29, 1.82) is 0 Å². The van der Waals surface area contributed by atoms with Gasteiger partial charge in [-0.25, -0.2) is 8.42 Å². The van der Waals surface area contributed by atoms with Crippen molar-refractivity contribution >= 4 is 16.0 Å². The van der Waals surface area contributed by atoms with E-state index in [4.69, 9.17) is 9.47 Å². The molecule has 2 saturated heterocycles. The van der Waals surface area contributed by atoms with Crippen LogP contribution >= 0.6 is 0 Å². The molecule has 2 aliphatic heterocycles. The Morgan fingerprint density at radius 1 is 1.37 bits per heavy atom. The molecule has 19 heavy (non-hydrogen) atoms. The fourth-order valence-electron chi connectivity index (χ4n) is 2.37. The summed E-state index contributed by atoms with van der Waals surface area (Å²) in [5.41, 5.74) is 0. The first-order valence-corrected chi connectivity index (χ1v) is 7.91. The van der Waals surface area contributed by atoms with Gasteiger partial charge in [0, 0.05) is 13.0 Å². The molecule has 0 atom stereocenters. The first kappa shape index (κ1) is 14.7. The standard InChI is InChI=1S/C11H19NO6S/c1-16-10(13)3-8-19(14,15)12-5-2-4-11(9-12)17-6-7-18-11/h2-9H2,1H3. The number of methoxy groups -OCH3 is 1. The van der Waals surface area contributed by atoms with Gasteiger partial charge in [0.1, 0.15) is 0 Å². The Kier molecular flexibility index (Phi) is 4.44. The van der Waals surface area contributed by atoms with Crippen LogP contribution in [0.5, 0.6) is 0 Å². The molecule has 2 rings (SSSR count). The summed E-state index contributed by atoms with van der Waals surface area (Å²) in [5, 5.41) is 0. The summed E-state index contributed by atoms with van der Waals surface area (Å²) < 4.78 is 41.2. The highest BCUT2D eigenvalue weighted by atomic mass is 32.2. The van der Waals surface area contributed by atoms with E-state index in [9.17, 15) is 13.2 Å². The van der Waals surface area contributed by atoms with Crippen LogP contribution in [0.25, 0.3) is 0 Å². The van der Waals surface area contributed by atoms with Crippen LogP contribution in [-0.4, -0.2) is 63.6 Å². The van der Waals surface area contributed by atoms with E-state index in [1.54, 1.807) is 0 Å². The van der Waals surface area contributed by atoms with Gasteiger partial charge in [-0.3, -0.25) is 4.79 Å². The molecule has 0 amide bonds. The average Bonchev–Trinajstić information content (AvgIpc) is 2.84. The molecule has 0 saturated carbocycles. The summed E-state index contributed by atoms with van der Waals surface area (Å²) in [4.78, 5) is 11.0. The SMILES string of the molecule is COC(=O)CCS(=O)(=O)N1CCCC2(C1)OCCO2. The van der Waals surface area contributed by atoms with Crippen molar-refractivity contribution in [3.8, 4) is 0 Å². The van der Waals surface area contributed by atoms with Gasteiger partial charge in [0.2, 0.25) is 10.0 Å². The number of nitrogens with zero attached hydrogens (tertiary/aromatic N) is 1. The molecule has 8 heteroatoms. The summed E-state index contributed by atoms with van der Waals surface area (Å²) >= 11 is 0. The Hall–Kier alpha value is -0.700. The van der Waals surface area contributed by atoms with Crippen LogP contribution in [0.3, 0.4) is 0 Å². The number of carbonyl (C=O) groups is 1. The van der Waals surface area contributed by atoms with E-state index >= 15 is 0 Å². The molecule has 110 valence electrons. The van der Waals surface area contributed by atoms with Gasteiger partial charge in [0.15, 0.2) is 5.79 Å². The molecule has 7 nitrogen and oxygen atoms in total. The molecule has 0 unspecified atom stereocenters. The highest BCUT2D eigenvalue weighted by molar-refractivity contribution is 7.89. The normalized spacial score (nSPS) is 23.6. The molecule has 1 spiro atoms. The lowest BCUT2D eigenvalue weighted by atomic mass is 10.1. The topological polar surface area (TPSA) is 82.1 Å². The summed E-state index contributed by atoms with van der Waals surface area (Å²) in [6, 6.07) is 0. The van der Waals surface area contributed by atoms with E-state index in [-0.39, 0.29) is 18.7 Å². The Morgan fingerprint density at radius 3 is 2.68 bits per heavy atom. The lowest BCUT2D eigenvalue weighted by Gasteiger charge is -2.37. The predicted octanol–water partition coefficient (Wildman–Crippen LogP) is -0.282. The predicted molar refractivity (Wildman–Crippen MR) is 65.9 cm³/mol. The van der Waals surface area contributed by atoms with E-state index < -0.39 is 21.8 Å². The van der Waals surface area contributed by atoms with E-state index in [1.165, 1.54) is 11.4 Å². The molecule has 0 aliphatic carbocycles. The maximum absolute atomic E-state index is 12.2. The minimum Gasteiger partial charge on any atom is -0.469 e. The van der Waals surface area contributed by atoms with Crippen LogP contribution in [0.4, 0.5) is 0 Å². The molecule has 0 aromatic carbocycles. The number of esters is 1. The van der Waals surface area contributed by atoms with Crippen molar-refractivity contribution in [2.45, 2.75) is 25.0 Å². The highest BCUT2D eigenvalue weighted by Crippen LogP contribution is 2.31. The zero-order chi connectivity index (χ0) is 13.9. The highest BCUT2D eigenvalue weighted by Gasteiger charge is 2.43. The number of ether oxygens (including phenoxy) is 3. The van der Waals surface area contributed by atoms with E-state index in [0.717, 1.165) is 0 Å². The molecule has 0 bridgehead atoms. The van der Waals surface area contributed by atoms with Crippen LogP contribution < -0.4 is 0 Å². The molecule has 0 aromatic rings. The third kappa shape index (κ3) is 3.44. The number of hydrogen-bond donors (Lipinski definition) is 0. The molecular formula is C11H19NO6S. The second-order valence-corrected chi connectivity index (χ2v) is 6.78. The van der Waals surface area contributed by atoms with E-state index in [2.05, 4.69) is 4.74 Å². The number of carbonyl (C=O) groups excluding carboxylic acids is 1. The molecule has 2 heterocycles. The van der Waals surface area contributed by atoms with Crippen molar-refractivity contribution in [2.75, 3.05) is 39.2 Å². The molecule has 2 fully saturated rings. The minimum absolute atomic E-state index is 0.135. The van der Waals surface area contributed by atoms with Gasteiger partial charge >= 0.3 is 5.97 Å². The Bertz CT molecular complexity index is 428. The Balaban J connectivity index is 1.97. The number of hydrogen-bond acceptors (Lipinski definition) is 6. The minimum atomic E-state index is -3.48. The molecule has 0 N–H and O–H groups in total. The Morgan fingerprint density at radius 2 is 2.05 bits per heavy atom. The monoisotopic (exact) mass is 293 g/mol. The first-order valence-electron chi connectivity index (χ1n) is 6.30. The van der Waals surface area contributed by atoms with Crippen molar-refractivity contribution in [3.05, 3.63) is 0 Å². The van der Waals surface area contributed by atoms with Crippen LogP contribution in [0.15, 0.2) is 0 Å². The zero-order valence-corrected chi connectivity index (χ0v) is 11.8. The van der Waals surface area contributed by atoms with Gasteiger partial charge in [-0.1, -0.05) is 0 Å². The summed E-state index contributed by atoms with van der Waals surface area (Å²) in [5.74, 6) is -1.55. The number of rotatable bonds is 4. The smallest absolute Gasteiger partial charge is 0.306 e. The lowest BCUT2D eigenvalue weighted by Crippen LogP contribution is -2.51. The van der Waals surface area contributed by atoms with E-state index in [0.29, 0.717) is 32.6 Å². The third-order valence-electron chi connectivity index (χ3n) is 3.38. The maximum atomic E-state index is 12.2. The molecule has 0 aromatic heterocycles. The third-order valence-corrected chi connectivity index (χ3v) is 5.20. The summed E-state index contributed by atoms with van der Waals surface area (Å²) in [7, 11) is -2.24. The molecular weight excluding hydrogens is 274 g/mol. The van der Waals surface area contributed by atoms with Crippen LogP contribution in [0.1, 0.15) is 19.3 Å². The van der Waals surface area contributed by atoms with Crippen molar-refractivity contribution in [1.82, 2.24) is 4.31 Å².